The molecule has 0 bridgehead atoms. The standard InChI is InChI=1S/C14H13NO3/c1-9-12(14(16)17)7-8-13(15-9)10-3-5-11(18-2)6-4-10/h3-8H,1-2H3,(H,16,17). The highest BCUT2D eigenvalue weighted by atomic mass is 16.5. The van der Waals surface area contributed by atoms with E-state index in [-0.39, 0.29) is 5.56 Å². The van der Waals surface area contributed by atoms with Crippen molar-refractivity contribution in [2.75, 3.05) is 7.11 Å². The zero-order chi connectivity index (χ0) is 13.1. The Hall–Kier alpha value is -2.36. The van der Waals surface area contributed by atoms with E-state index in [0.29, 0.717) is 5.69 Å². The van der Waals surface area contributed by atoms with Gasteiger partial charge in [-0.2, -0.15) is 0 Å². The van der Waals surface area contributed by atoms with Gasteiger partial charge in [-0.1, -0.05) is 0 Å². The van der Waals surface area contributed by atoms with Crippen LogP contribution in [0.5, 0.6) is 5.75 Å². The number of hydrogen-bond acceptors (Lipinski definition) is 3. The van der Waals surface area contributed by atoms with Gasteiger partial charge in [-0.15, -0.1) is 0 Å². The molecule has 0 aliphatic heterocycles. The minimum Gasteiger partial charge on any atom is -0.497 e. The molecule has 0 aliphatic rings. The molecule has 0 spiro atoms. The number of ether oxygens (including phenoxy) is 1. The molecule has 4 nitrogen and oxygen atoms in total. The predicted molar refractivity (Wildman–Crippen MR) is 67.9 cm³/mol. The number of nitrogens with zero attached hydrogens (tertiary/aromatic N) is 1. The number of rotatable bonds is 3. The Bertz CT molecular complexity index is 576. The van der Waals surface area contributed by atoms with Crippen molar-refractivity contribution < 1.29 is 14.6 Å². The molecule has 0 amide bonds. The number of aromatic nitrogens is 1. The van der Waals surface area contributed by atoms with Crippen molar-refractivity contribution in [2.45, 2.75) is 6.92 Å². The molecule has 1 aromatic heterocycles. The third-order valence-corrected chi connectivity index (χ3v) is 2.70. The van der Waals surface area contributed by atoms with Crippen LogP contribution < -0.4 is 4.74 Å². The highest BCUT2D eigenvalue weighted by molar-refractivity contribution is 5.89. The fourth-order valence-corrected chi connectivity index (χ4v) is 1.71. The van der Waals surface area contributed by atoms with Gasteiger partial charge in [0.25, 0.3) is 0 Å². The Kier molecular flexibility index (Phi) is 3.28. The SMILES string of the molecule is COc1ccc(-c2ccc(C(=O)O)c(C)n2)cc1. The molecule has 18 heavy (non-hydrogen) atoms. The predicted octanol–water partition coefficient (Wildman–Crippen LogP) is 2.76. The van der Waals surface area contributed by atoms with Crippen LogP contribution >= 0.6 is 0 Å². The molecule has 0 fully saturated rings. The van der Waals surface area contributed by atoms with E-state index in [2.05, 4.69) is 4.98 Å². The van der Waals surface area contributed by atoms with Crippen molar-refractivity contribution in [3.63, 3.8) is 0 Å². The fourth-order valence-electron chi connectivity index (χ4n) is 1.71. The number of hydrogen-bond donors (Lipinski definition) is 1. The van der Waals surface area contributed by atoms with E-state index < -0.39 is 5.97 Å². The summed E-state index contributed by atoms with van der Waals surface area (Å²) in [5, 5.41) is 8.94. The van der Waals surface area contributed by atoms with E-state index in [1.165, 1.54) is 0 Å². The summed E-state index contributed by atoms with van der Waals surface area (Å²) in [5.41, 5.74) is 2.42. The molecule has 0 saturated carbocycles. The maximum atomic E-state index is 10.9. The van der Waals surface area contributed by atoms with Gasteiger partial charge in [-0.3, -0.25) is 4.98 Å². The minimum atomic E-state index is -0.957. The number of carboxylic acids is 1. The van der Waals surface area contributed by atoms with E-state index >= 15 is 0 Å². The van der Waals surface area contributed by atoms with Crippen LogP contribution in [0.3, 0.4) is 0 Å². The van der Waals surface area contributed by atoms with Gasteiger partial charge < -0.3 is 9.84 Å². The van der Waals surface area contributed by atoms with Crippen molar-refractivity contribution in [1.82, 2.24) is 4.98 Å². The van der Waals surface area contributed by atoms with Gasteiger partial charge in [0.2, 0.25) is 0 Å². The second kappa shape index (κ2) is 4.87. The Morgan fingerprint density at radius 1 is 1.17 bits per heavy atom. The molecule has 2 rings (SSSR count). The van der Waals surface area contributed by atoms with Gasteiger partial charge in [-0.05, 0) is 43.3 Å². The molecule has 4 heteroatoms. The fraction of sp³-hybridized carbons (Fsp3) is 0.143. The van der Waals surface area contributed by atoms with Gasteiger partial charge in [-0.25, -0.2) is 4.79 Å². The third kappa shape index (κ3) is 2.32. The molecule has 1 aromatic carbocycles. The smallest absolute Gasteiger partial charge is 0.337 e. The quantitative estimate of drug-likeness (QED) is 0.900. The van der Waals surface area contributed by atoms with Crippen LogP contribution in [0.25, 0.3) is 11.3 Å². The molecule has 0 radical (unpaired) electrons. The molecular formula is C14H13NO3. The number of benzene rings is 1. The van der Waals surface area contributed by atoms with Gasteiger partial charge in [0.1, 0.15) is 5.75 Å². The summed E-state index contributed by atoms with van der Waals surface area (Å²) in [4.78, 5) is 15.2. The summed E-state index contributed by atoms with van der Waals surface area (Å²) in [6.45, 7) is 1.69. The summed E-state index contributed by atoms with van der Waals surface area (Å²) in [6.07, 6.45) is 0. The number of methoxy groups -OCH3 is 1. The normalized spacial score (nSPS) is 10.1. The van der Waals surface area contributed by atoms with Crippen molar-refractivity contribution in [3.8, 4) is 17.0 Å². The first-order chi connectivity index (χ1) is 8.61. The Morgan fingerprint density at radius 3 is 2.33 bits per heavy atom. The number of pyridine rings is 1. The lowest BCUT2D eigenvalue weighted by Crippen LogP contribution is -2.02. The van der Waals surface area contributed by atoms with Crippen molar-refractivity contribution in [2.24, 2.45) is 0 Å². The minimum absolute atomic E-state index is 0.229. The molecule has 0 aliphatic carbocycles. The van der Waals surface area contributed by atoms with E-state index in [1.807, 2.05) is 24.3 Å². The number of aromatic carboxylic acids is 1. The first-order valence-corrected chi connectivity index (χ1v) is 5.47. The summed E-state index contributed by atoms with van der Waals surface area (Å²) in [6, 6.07) is 10.7. The zero-order valence-corrected chi connectivity index (χ0v) is 10.2. The second-order valence-electron chi connectivity index (χ2n) is 3.86. The lowest BCUT2D eigenvalue weighted by Gasteiger charge is -2.06. The van der Waals surface area contributed by atoms with Crippen LogP contribution in [0, 0.1) is 6.92 Å². The third-order valence-electron chi connectivity index (χ3n) is 2.70. The number of carbonyl (C=O) groups is 1. The first-order valence-electron chi connectivity index (χ1n) is 5.47. The summed E-state index contributed by atoms with van der Waals surface area (Å²) >= 11 is 0. The van der Waals surface area contributed by atoms with E-state index in [4.69, 9.17) is 9.84 Å². The number of carboxylic acid groups (broad SMARTS) is 1. The monoisotopic (exact) mass is 243 g/mol. The molecule has 0 unspecified atom stereocenters. The number of aryl methyl sites for hydroxylation is 1. The molecule has 92 valence electrons. The van der Waals surface area contributed by atoms with Gasteiger partial charge in [0.15, 0.2) is 0 Å². The van der Waals surface area contributed by atoms with Crippen molar-refractivity contribution in [3.05, 3.63) is 47.7 Å². The van der Waals surface area contributed by atoms with Gasteiger partial charge in [0.05, 0.1) is 24.1 Å². The average molecular weight is 243 g/mol. The largest absolute Gasteiger partial charge is 0.497 e. The molecule has 2 aromatic rings. The first kappa shape index (κ1) is 12.1. The second-order valence-corrected chi connectivity index (χ2v) is 3.86. The average Bonchev–Trinajstić information content (AvgIpc) is 2.38. The summed E-state index contributed by atoms with van der Waals surface area (Å²) in [5.74, 6) is -0.182. The maximum Gasteiger partial charge on any atom is 0.337 e. The lowest BCUT2D eigenvalue weighted by atomic mass is 10.1. The van der Waals surface area contributed by atoms with E-state index in [0.717, 1.165) is 17.0 Å². The Morgan fingerprint density at radius 2 is 1.83 bits per heavy atom. The maximum absolute atomic E-state index is 10.9. The molecule has 1 N–H and O–H groups in total. The summed E-state index contributed by atoms with van der Waals surface area (Å²) in [7, 11) is 1.61. The van der Waals surface area contributed by atoms with E-state index in [1.54, 1.807) is 26.2 Å². The van der Waals surface area contributed by atoms with Gasteiger partial charge >= 0.3 is 5.97 Å². The van der Waals surface area contributed by atoms with Crippen LogP contribution in [0.2, 0.25) is 0 Å². The molecule has 0 saturated heterocycles. The van der Waals surface area contributed by atoms with E-state index in [9.17, 15) is 4.79 Å². The zero-order valence-electron chi connectivity index (χ0n) is 10.2. The van der Waals surface area contributed by atoms with Crippen LogP contribution in [-0.4, -0.2) is 23.2 Å². The molecule has 1 heterocycles. The van der Waals surface area contributed by atoms with Crippen LogP contribution in [0.15, 0.2) is 36.4 Å². The van der Waals surface area contributed by atoms with Crippen molar-refractivity contribution >= 4 is 5.97 Å². The lowest BCUT2D eigenvalue weighted by molar-refractivity contribution is 0.0695. The highest BCUT2D eigenvalue weighted by Gasteiger charge is 2.09. The van der Waals surface area contributed by atoms with Gasteiger partial charge in [0, 0.05) is 5.56 Å². The highest BCUT2D eigenvalue weighted by Crippen LogP contribution is 2.21. The topological polar surface area (TPSA) is 59.4 Å². The van der Waals surface area contributed by atoms with Crippen LogP contribution in [0.1, 0.15) is 16.1 Å². The molecule has 0 atom stereocenters. The van der Waals surface area contributed by atoms with Crippen molar-refractivity contribution in [1.29, 1.82) is 0 Å². The summed E-state index contributed by atoms with van der Waals surface area (Å²) < 4.78 is 5.08. The van der Waals surface area contributed by atoms with Crippen LogP contribution in [-0.2, 0) is 0 Å². The Balaban J connectivity index is 2.39. The molecular weight excluding hydrogens is 230 g/mol. The Labute approximate surface area is 105 Å². The van der Waals surface area contributed by atoms with Crippen LogP contribution in [0.4, 0.5) is 0 Å².